The molecule has 0 aliphatic carbocycles. The van der Waals surface area contributed by atoms with E-state index < -0.39 is 0 Å². The maximum atomic E-state index is 4.65. The molecule has 3 heteroatoms. The summed E-state index contributed by atoms with van der Waals surface area (Å²) in [5.74, 6) is 0.738. The molecule has 2 unspecified atom stereocenters. The molecule has 0 radical (unpaired) electrons. The molecule has 4 aliphatic rings. The fraction of sp³-hybridized carbons (Fsp3) is 0.533. The van der Waals surface area contributed by atoms with Crippen LogP contribution in [0, 0.1) is 12.8 Å². The van der Waals surface area contributed by atoms with Crippen LogP contribution >= 0.6 is 0 Å². The lowest BCUT2D eigenvalue weighted by Crippen LogP contribution is -2.56. The van der Waals surface area contributed by atoms with Gasteiger partial charge in [-0.15, -0.1) is 0 Å². The first kappa shape index (κ1) is 10.6. The van der Waals surface area contributed by atoms with E-state index in [0.717, 1.165) is 5.92 Å². The lowest BCUT2D eigenvalue weighted by atomic mass is 9.78. The predicted molar refractivity (Wildman–Crippen MR) is 72.6 cm³/mol. The van der Waals surface area contributed by atoms with Gasteiger partial charge in [-0.25, -0.2) is 0 Å². The Bertz CT molecular complexity index is 500. The van der Waals surface area contributed by atoms with Crippen LogP contribution < -0.4 is 5.43 Å². The van der Waals surface area contributed by atoms with Crippen molar-refractivity contribution < 1.29 is 0 Å². The summed E-state index contributed by atoms with van der Waals surface area (Å²) in [6.07, 6.45) is 2.61. The topological polar surface area (TPSA) is 27.6 Å². The first-order chi connectivity index (χ1) is 8.83. The van der Waals surface area contributed by atoms with Crippen molar-refractivity contribution in [1.82, 2.24) is 10.3 Å². The third-order valence-electron chi connectivity index (χ3n) is 4.69. The van der Waals surface area contributed by atoms with E-state index in [0.29, 0.717) is 12.1 Å². The molecule has 18 heavy (non-hydrogen) atoms. The predicted octanol–water partition coefficient (Wildman–Crippen LogP) is 2.09. The average molecular weight is 241 g/mol. The molecular formula is C15H19N3. The number of aryl methyl sites for hydroxylation is 1. The van der Waals surface area contributed by atoms with Gasteiger partial charge in [0.05, 0.1) is 17.8 Å². The van der Waals surface area contributed by atoms with Crippen LogP contribution in [-0.4, -0.2) is 29.7 Å². The Hall–Kier alpha value is -1.35. The molecule has 0 amide bonds. The number of piperidine rings is 3. The van der Waals surface area contributed by atoms with Crippen LogP contribution in [0.1, 0.15) is 30.0 Å². The molecule has 3 nitrogen and oxygen atoms in total. The highest BCUT2D eigenvalue weighted by molar-refractivity contribution is 5.95. The minimum atomic E-state index is 0.364. The van der Waals surface area contributed by atoms with Crippen molar-refractivity contribution in [2.24, 2.45) is 11.0 Å². The van der Waals surface area contributed by atoms with Crippen LogP contribution in [0.4, 0.5) is 0 Å². The summed E-state index contributed by atoms with van der Waals surface area (Å²) in [7, 11) is 0. The van der Waals surface area contributed by atoms with E-state index in [9.17, 15) is 0 Å². The minimum absolute atomic E-state index is 0.364. The number of hydrogen-bond acceptors (Lipinski definition) is 3. The number of nitrogens with one attached hydrogen (secondary N) is 1. The largest absolute Gasteiger partial charge is 0.301 e. The number of nitrogens with zero attached hydrogens (tertiary/aromatic N) is 2. The average Bonchev–Trinajstić information content (AvgIpc) is 2.87. The molecule has 0 spiro atoms. The fourth-order valence-corrected chi connectivity index (χ4v) is 3.78. The Morgan fingerprint density at radius 1 is 1.28 bits per heavy atom. The van der Waals surface area contributed by atoms with Crippen molar-refractivity contribution in [3.05, 3.63) is 35.4 Å². The molecule has 2 atom stereocenters. The first-order valence-electron chi connectivity index (χ1n) is 6.96. The van der Waals surface area contributed by atoms with Gasteiger partial charge < -0.3 is 5.43 Å². The number of fused-ring (bicyclic) bond motifs is 2. The lowest BCUT2D eigenvalue weighted by Gasteiger charge is -2.45. The molecule has 1 aromatic carbocycles. The summed E-state index contributed by atoms with van der Waals surface area (Å²) in [5.41, 5.74) is 7.52. The van der Waals surface area contributed by atoms with Crippen molar-refractivity contribution in [2.75, 3.05) is 13.1 Å². The number of benzene rings is 1. The quantitative estimate of drug-likeness (QED) is 0.815. The van der Waals surface area contributed by atoms with E-state index in [1.165, 1.54) is 42.8 Å². The van der Waals surface area contributed by atoms with Gasteiger partial charge in [0.2, 0.25) is 0 Å². The van der Waals surface area contributed by atoms with Crippen LogP contribution in [-0.2, 0) is 0 Å². The van der Waals surface area contributed by atoms with Crippen LogP contribution in [0.2, 0.25) is 0 Å². The van der Waals surface area contributed by atoms with Gasteiger partial charge in [-0.2, -0.15) is 5.10 Å². The van der Waals surface area contributed by atoms with Crippen molar-refractivity contribution >= 4 is 5.71 Å². The zero-order chi connectivity index (χ0) is 12.1. The Labute approximate surface area is 108 Å². The zero-order valence-electron chi connectivity index (χ0n) is 10.8. The third-order valence-corrected chi connectivity index (χ3v) is 4.69. The maximum absolute atomic E-state index is 4.65. The van der Waals surface area contributed by atoms with Crippen LogP contribution in [0.15, 0.2) is 29.4 Å². The summed E-state index contributed by atoms with van der Waals surface area (Å²) in [6.45, 7) is 4.66. The Balaban J connectivity index is 1.69. The summed E-state index contributed by atoms with van der Waals surface area (Å²) >= 11 is 0. The Kier molecular flexibility index (Phi) is 2.24. The second-order valence-corrected chi connectivity index (χ2v) is 5.81. The van der Waals surface area contributed by atoms with E-state index in [2.05, 4.69) is 46.6 Å². The molecule has 5 rings (SSSR count). The molecule has 1 aromatic rings. The van der Waals surface area contributed by atoms with Gasteiger partial charge in [0.1, 0.15) is 0 Å². The van der Waals surface area contributed by atoms with E-state index in [4.69, 9.17) is 0 Å². The monoisotopic (exact) mass is 241 g/mol. The minimum Gasteiger partial charge on any atom is -0.301 e. The van der Waals surface area contributed by atoms with E-state index in [1.807, 2.05) is 0 Å². The van der Waals surface area contributed by atoms with Crippen LogP contribution in [0.3, 0.4) is 0 Å². The molecule has 4 heterocycles. The highest BCUT2D eigenvalue weighted by Gasteiger charge is 2.46. The number of rotatable bonds is 1. The van der Waals surface area contributed by atoms with Crippen LogP contribution in [0.5, 0.6) is 0 Å². The summed E-state index contributed by atoms with van der Waals surface area (Å²) in [5, 5.41) is 4.65. The summed E-state index contributed by atoms with van der Waals surface area (Å²) < 4.78 is 0. The molecule has 0 aromatic heterocycles. The van der Waals surface area contributed by atoms with E-state index in [1.54, 1.807) is 0 Å². The van der Waals surface area contributed by atoms with Crippen molar-refractivity contribution in [3.63, 3.8) is 0 Å². The second kappa shape index (κ2) is 3.82. The molecule has 3 fully saturated rings. The zero-order valence-corrected chi connectivity index (χ0v) is 10.8. The highest BCUT2D eigenvalue weighted by atomic mass is 15.4. The lowest BCUT2D eigenvalue weighted by molar-refractivity contribution is 0.133. The van der Waals surface area contributed by atoms with E-state index in [-0.39, 0.29) is 0 Å². The smallest absolute Gasteiger partial charge is 0.0899 e. The molecule has 4 aliphatic heterocycles. The normalized spacial score (nSPS) is 37.1. The van der Waals surface area contributed by atoms with Gasteiger partial charge in [0.25, 0.3) is 0 Å². The Morgan fingerprint density at radius 3 is 2.89 bits per heavy atom. The van der Waals surface area contributed by atoms with Crippen molar-refractivity contribution in [3.8, 4) is 0 Å². The number of hydrogen-bond donors (Lipinski definition) is 1. The molecule has 1 N–H and O–H groups in total. The number of hydrazone groups is 1. The second-order valence-electron chi connectivity index (χ2n) is 5.81. The SMILES string of the molecule is Cc1cccc(C2NN=C3C4CCN(CC4)C32)c1. The van der Waals surface area contributed by atoms with E-state index >= 15 is 0 Å². The van der Waals surface area contributed by atoms with Gasteiger partial charge in [0.15, 0.2) is 0 Å². The van der Waals surface area contributed by atoms with Gasteiger partial charge in [-0.3, -0.25) is 4.90 Å². The molecule has 94 valence electrons. The van der Waals surface area contributed by atoms with Gasteiger partial charge in [-0.05, 0) is 38.4 Å². The molecule has 2 bridgehead atoms. The van der Waals surface area contributed by atoms with Gasteiger partial charge in [-0.1, -0.05) is 29.8 Å². The summed E-state index contributed by atoms with van der Waals surface area (Å²) in [4.78, 5) is 2.62. The summed E-state index contributed by atoms with van der Waals surface area (Å²) in [6, 6.07) is 9.71. The highest BCUT2D eigenvalue weighted by Crippen LogP contribution is 2.38. The maximum Gasteiger partial charge on any atom is 0.0899 e. The van der Waals surface area contributed by atoms with Gasteiger partial charge in [0, 0.05) is 5.92 Å². The van der Waals surface area contributed by atoms with Crippen molar-refractivity contribution in [2.45, 2.75) is 31.8 Å². The Morgan fingerprint density at radius 2 is 2.11 bits per heavy atom. The molecule has 3 saturated heterocycles. The third kappa shape index (κ3) is 1.43. The fourth-order valence-electron chi connectivity index (χ4n) is 3.78. The first-order valence-corrected chi connectivity index (χ1v) is 6.96. The molecule has 0 saturated carbocycles. The van der Waals surface area contributed by atoms with Crippen molar-refractivity contribution in [1.29, 1.82) is 0 Å². The molecular weight excluding hydrogens is 222 g/mol. The van der Waals surface area contributed by atoms with Gasteiger partial charge >= 0.3 is 0 Å². The standard InChI is InChI=1S/C15H19N3/c1-10-3-2-4-12(9-10)14-15-13(16-17-14)11-5-7-18(15)8-6-11/h2-4,9,11,14-15,17H,5-8H2,1H3. The van der Waals surface area contributed by atoms with Crippen LogP contribution in [0.25, 0.3) is 0 Å².